The molecule has 1 aliphatic carbocycles. The first-order valence-corrected chi connectivity index (χ1v) is 6.11. The minimum absolute atomic E-state index is 0.0394. The van der Waals surface area contributed by atoms with Gasteiger partial charge in [-0.05, 0) is 36.0 Å². The fourth-order valence-corrected chi connectivity index (χ4v) is 2.07. The van der Waals surface area contributed by atoms with Gasteiger partial charge in [-0.1, -0.05) is 42.5 Å². The maximum Gasteiger partial charge on any atom is 0.0585 e. The summed E-state index contributed by atoms with van der Waals surface area (Å²) >= 11 is 0. The van der Waals surface area contributed by atoms with Gasteiger partial charge in [0.25, 0.3) is 0 Å². The molecule has 0 saturated heterocycles. The van der Waals surface area contributed by atoms with Gasteiger partial charge in [-0.25, -0.2) is 0 Å². The molecule has 17 heavy (non-hydrogen) atoms. The van der Waals surface area contributed by atoms with E-state index in [1.807, 2.05) is 0 Å². The smallest absolute Gasteiger partial charge is 0.0585 e. The molecule has 0 fully saturated rings. The Morgan fingerprint density at radius 1 is 1.24 bits per heavy atom. The average molecular weight is 229 g/mol. The number of nitrogens with two attached hydrogens (primary N) is 1. The molecule has 0 bridgehead atoms. The summed E-state index contributed by atoms with van der Waals surface area (Å²) in [5.74, 6) is 0. The Kier molecular flexibility index (Phi) is 4.13. The molecule has 0 radical (unpaired) electrons. The highest BCUT2D eigenvalue weighted by atomic mass is 16.3. The van der Waals surface area contributed by atoms with Crippen LogP contribution in [0.4, 0.5) is 0 Å². The second kappa shape index (κ2) is 5.80. The highest BCUT2D eigenvalue weighted by molar-refractivity contribution is 5.68. The normalized spacial score (nSPS) is 16.7. The fraction of sp³-hybridized carbons (Fsp3) is 0.333. The Morgan fingerprint density at radius 3 is 2.59 bits per heavy atom. The number of hydrogen-bond donors (Lipinski definition) is 2. The molecule has 2 heteroatoms. The van der Waals surface area contributed by atoms with Gasteiger partial charge in [-0.15, -0.1) is 0 Å². The van der Waals surface area contributed by atoms with E-state index in [1.165, 1.54) is 16.7 Å². The first-order chi connectivity index (χ1) is 8.29. The summed E-state index contributed by atoms with van der Waals surface area (Å²) in [5.41, 5.74) is 9.58. The van der Waals surface area contributed by atoms with E-state index in [0.717, 1.165) is 19.3 Å². The first kappa shape index (κ1) is 12.1. The summed E-state index contributed by atoms with van der Waals surface area (Å²) in [6.07, 6.45) is 9.47. The van der Waals surface area contributed by atoms with Crippen LogP contribution in [-0.4, -0.2) is 17.8 Å². The van der Waals surface area contributed by atoms with Gasteiger partial charge in [0.2, 0.25) is 0 Å². The van der Waals surface area contributed by atoms with Gasteiger partial charge < -0.3 is 10.8 Å². The van der Waals surface area contributed by atoms with Gasteiger partial charge in [0.05, 0.1) is 6.61 Å². The Hall–Kier alpha value is -1.38. The quantitative estimate of drug-likeness (QED) is 0.832. The molecule has 2 nitrogen and oxygen atoms in total. The lowest BCUT2D eigenvalue weighted by Gasteiger charge is -2.11. The van der Waals surface area contributed by atoms with Crippen LogP contribution < -0.4 is 5.73 Å². The highest BCUT2D eigenvalue weighted by Gasteiger charge is 2.05. The van der Waals surface area contributed by atoms with E-state index >= 15 is 0 Å². The Bertz CT molecular complexity index is 417. The van der Waals surface area contributed by atoms with Gasteiger partial charge in [0, 0.05) is 6.04 Å². The van der Waals surface area contributed by atoms with Crippen molar-refractivity contribution in [2.45, 2.75) is 25.3 Å². The summed E-state index contributed by atoms with van der Waals surface area (Å²) in [5, 5.41) is 8.91. The molecule has 0 amide bonds. The first-order valence-electron chi connectivity index (χ1n) is 6.11. The third kappa shape index (κ3) is 3.29. The SMILES string of the molecule is N[C@@H](CO)Cc1ccc(C2=CC=CCC2)cc1. The topological polar surface area (TPSA) is 46.2 Å². The van der Waals surface area contributed by atoms with E-state index in [2.05, 4.69) is 42.5 Å². The van der Waals surface area contributed by atoms with Crippen molar-refractivity contribution in [3.63, 3.8) is 0 Å². The van der Waals surface area contributed by atoms with Crippen molar-refractivity contribution in [3.05, 3.63) is 53.6 Å². The van der Waals surface area contributed by atoms with Crippen molar-refractivity contribution in [2.24, 2.45) is 5.73 Å². The molecule has 0 heterocycles. The van der Waals surface area contributed by atoms with Crippen LogP contribution in [0.1, 0.15) is 24.0 Å². The summed E-state index contributed by atoms with van der Waals surface area (Å²) in [7, 11) is 0. The van der Waals surface area contributed by atoms with E-state index in [-0.39, 0.29) is 12.6 Å². The van der Waals surface area contributed by atoms with Gasteiger partial charge in [0.15, 0.2) is 0 Å². The third-order valence-electron chi connectivity index (χ3n) is 3.07. The number of benzene rings is 1. The molecule has 2 rings (SSSR count). The van der Waals surface area contributed by atoms with Crippen molar-refractivity contribution in [2.75, 3.05) is 6.61 Å². The van der Waals surface area contributed by atoms with E-state index in [4.69, 9.17) is 10.8 Å². The van der Waals surface area contributed by atoms with E-state index in [1.54, 1.807) is 0 Å². The van der Waals surface area contributed by atoms with Crippen molar-refractivity contribution in [3.8, 4) is 0 Å². The van der Waals surface area contributed by atoms with Gasteiger partial charge in [-0.2, -0.15) is 0 Å². The lowest BCUT2D eigenvalue weighted by Crippen LogP contribution is -2.26. The van der Waals surface area contributed by atoms with Crippen LogP contribution >= 0.6 is 0 Å². The van der Waals surface area contributed by atoms with Crippen LogP contribution in [0.15, 0.2) is 42.5 Å². The maximum absolute atomic E-state index is 8.91. The Balaban J connectivity index is 2.07. The summed E-state index contributed by atoms with van der Waals surface area (Å²) in [6, 6.07) is 8.33. The van der Waals surface area contributed by atoms with E-state index < -0.39 is 0 Å². The lowest BCUT2D eigenvalue weighted by atomic mass is 9.96. The number of rotatable bonds is 4. The van der Waals surface area contributed by atoms with Crippen molar-refractivity contribution in [1.29, 1.82) is 0 Å². The van der Waals surface area contributed by atoms with Crippen molar-refractivity contribution < 1.29 is 5.11 Å². The van der Waals surface area contributed by atoms with Crippen LogP contribution in [0.25, 0.3) is 5.57 Å². The summed E-state index contributed by atoms with van der Waals surface area (Å²) < 4.78 is 0. The van der Waals surface area contributed by atoms with Gasteiger partial charge >= 0.3 is 0 Å². The molecule has 3 N–H and O–H groups in total. The zero-order valence-electron chi connectivity index (χ0n) is 9.97. The number of allylic oxidation sites excluding steroid dienone is 4. The van der Waals surface area contributed by atoms with Gasteiger partial charge in [0.1, 0.15) is 0 Å². The molecule has 0 unspecified atom stereocenters. The second-order valence-electron chi connectivity index (χ2n) is 4.50. The van der Waals surface area contributed by atoms with Crippen LogP contribution in [0.5, 0.6) is 0 Å². The second-order valence-corrected chi connectivity index (χ2v) is 4.50. The van der Waals surface area contributed by atoms with Crippen LogP contribution in [-0.2, 0) is 6.42 Å². The lowest BCUT2D eigenvalue weighted by molar-refractivity contribution is 0.265. The Morgan fingerprint density at radius 2 is 2.00 bits per heavy atom. The molecular weight excluding hydrogens is 210 g/mol. The highest BCUT2D eigenvalue weighted by Crippen LogP contribution is 2.23. The molecule has 1 aromatic carbocycles. The average Bonchev–Trinajstić information content (AvgIpc) is 2.40. The maximum atomic E-state index is 8.91. The predicted molar refractivity (Wildman–Crippen MR) is 71.6 cm³/mol. The minimum atomic E-state index is -0.155. The molecule has 1 atom stereocenters. The number of aliphatic hydroxyl groups excluding tert-OH is 1. The Labute approximate surface area is 102 Å². The van der Waals surface area contributed by atoms with E-state index in [9.17, 15) is 0 Å². The summed E-state index contributed by atoms with van der Waals surface area (Å²) in [6.45, 7) is 0.0394. The largest absolute Gasteiger partial charge is 0.395 e. The fourth-order valence-electron chi connectivity index (χ4n) is 2.07. The van der Waals surface area contributed by atoms with Crippen LogP contribution in [0.3, 0.4) is 0 Å². The number of hydrogen-bond acceptors (Lipinski definition) is 2. The molecule has 0 saturated carbocycles. The zero-order valence-corrected chi connectivity index (χ0v) is 9.97. The molecule has 0 spiro atoms. The molecular formula is C15H19NO. The zero-order chi connectivity index (χ0) is 12.1. The number of aliphatic hydroxyl groups is 1. The molecule has 90 valence electrons. The molecule has 0 aliphatic heterocycles. The summed E-state index contributed by atoms with van der Waals surface area (Å²) in [4.78, 5) is 0. The molecule has 1 aliphatic rings. The third-order valence-corrected chi connectivity index (χ3v) is 3.07. The van der Waals surface area contributed by atoms with E-state index in [0.29, 0.717) is 0 Å². The molecule has 1 aromatic rings. The van der Waals surface area contributed by atoms with Crippen molar-refractivity contribution in [1.82, 2.24) is 0 Å². The van der Waals surface area contributed by atoms with Crippen molar-refractivity contribution >= 4 is 5.57 Å². The monoisotopic (exact) mass is 229 g/mol. The molecule has 0 aromatic heterocycles. The van der Waals surface area contributed by atoms with Crippen LogP contribution in [0.2, 0.25) is 0 Å². The van der Waals surface area contributed by atoms with Crippen LogP contribution in [0, 0.1) is 0 Å². The predicted octanol–water partition coefficient (Wildman–Crippen LogP) is 2.28. The minimum Gasteiger partial charge on any atom is -0.395 e. The standard InChI is InChI=1S/C15H19NO/c16-15(11-17)10-12-6-8-14(9-7-12)13-4-2-1-3-5-13/h1-2,4,6-9,15,17H,3,5,10-11,16H2/t15-/m1/s1. The van der Waals surface area contributed by atoms with Gasteiger partial charge in [-0.3, -0.25) is 0 Å².